The molecule has 0 bridgehead atoms. The summed E-state index contributed by atoms with van der Waals surface area (Å²) < 4.78 is 4.90. The van der Waals surface area contributed by atoms with E-state index in [1.165, 1.54) is 0 Å². The monoisotopic (exact) mass is 100 g/mol. The maximum absolute atomic E-state index is 4.90. The van der Waals surface area contributed by atoms with E-state index in [1.807, 2.05) is 26.0 Å². The first-order valence-electron chi connectivity index (χ1n) is 2.47. The number of methoxy groups -OCH3 is 1. The molecule has 0 spiro atoms. The van der Waals surface area contributed by atoms with E-state index >= 15 is 0 Å². The van der Waals surface area contributed by atoms with E-state index in [9.17, 15) is 0 Å². The number of rotatable bonds is 2. The van der Waals surface area contributed by atoms with Crippen molar-refractivity contribution >= 4 is 0 Å². The van der Waals surface area contributed by atoms with Crippen LogP contribution in [0.15, 0.2) is 12.2 Å². The average molecular weight is 100 g/mol. The maximum atomic E-state index is 4.90. The summed E-state index contributed by atoms with van der Waals surface area (Å²) in [6, 6.07) is 0. The zero-order valence-electron chi connectivity index (χ0n) is 5.14. The van der Waals surface area contributed by atoms with Crippen molar-refractivity contribution in [3.63, 3.8) is 0 Å². The largest absolute Gasteiger partial charge is 0.378 e. The van der Waals surface area contributed by atoms with Crippen molar-refractivity contribution in [2.45, 2.75) is 20.0 Å². The Kier molecular flexibility index (Phi) is 3.71. The lowest BCUT2D eigenvalue weighted by atomic mass is 10.4. The van der Waals surface area contributed by atoms with Crippen molar-refractivity contribution in [3.8, 4) is 0 Å². The summed E-state index contributed by atoms with van der Waals surface area (Å²) in [6.45, 7) is 3.98. The van der Waals surface area contributed by atoms with Crippen LogP contribution in [0.5, 0.6) is 0 Å². The van der Waals surface area contributed by atoms with Gasteiger partial charge in [0.1, 0.15) is 0 Å². The quantitative estimate of drug-likeness (QED) is 0.479. The fraction of sp³-hybridized carbons (Fsp3) is 0.667. The lowest BCUT2D eigenvalue weighted by molar-refractivity contribution is 0.156. The van der Waals surface area contributed by atoms with Crippen LogP contribution in [0, 0.1) is 0 Å². The number of ether oxygens (including phenoxy) is 1. The Balaban J connectivity index is 3.16. The lowest BCUT2D eigenvalue weighted by Crippen LogP contribution is -1.97. The van der Waals surface area contributed by atoms with Crippen LogP contribution in [0.1, 0.15) is 13.8 Å². The van der Waals surface area contributed by atoms with Gasteiger partial charge in [-0.05, 0) is 13.8 Å². The Labute approximate surface area is 45.0 Å². The van der Waals surface area contributed by atoms with Crippen molar-refractivity contribution in [1.29, 1.82) is 0 Å². The van der Waals surface area contributed by atoms with E-state index in [1.54, 1.807) is 7.11 Å². The first-order valence-corrected chi connectivity index (χ1v) is 2.47. The summed E-state index contributed by atoms with van der Waals surface area (Å²) in [5.41, 5.74) is 0. The molecule has 1 nitrogen and oxygen atoms in total. The zero-order valence-corrected chi connectivity index (χ0v) is 5.14. The first kappa shape index (κ1) is 6.70. The van der Waals surface area contributed by atoms with Gasteiger partial charge in [-0.3, -0.25) is 0 Å². The molecule has 0 aliphatic heterocycles. The van der Waals surface area contributed by atoms with Gasteiger partial charge in [-0.25, -0.2) is 0 Å². The Morgan fingerprint density at radius 3 is 2.29 bits per heavy atom. The summed E-state index contributed by atoms with van der Waals surface area (Å²) in [7, 11) is 1.70. The summed E-state index contributed by atoms with van der Waals surface area (Å²) in [5, 5.41) is 0. The van der Waals surface area contributed by atoms with Gasteiger partial charge in [0.2, 0.25) is 0 Å². The molecule has 0 fully saturated rings. The molecule has 0 aliphatic carbocycles. The predicted octanol–water partition coefficient (Wildman–Crippen LogP) is 1.60. The normalized spacial score (nSPS) is 15.3. The summed E-state index contributed by atoms with van der Waals surface area (Å²) in [5.74, 6) is 0. The van der Waals surface area contributed by atoms with Gasteiger partial charge in [-0.2, -0.15) is 0 Å². The smallest absolute Gasteiger partial charge is 0.0723 e. The highest BCUT2D eigenvalue weighted by molar-refractivity contribution is 4.82. The minimum Gasteiger partial charge on any atom is -0.378 e. The van der Waals surface area contributed by atoms with Gasteiger partial charge in [-0.1, -0.05) is 12.2 Å². The van der Waals surface area contributed by atoms with Crippen LogP contribution in [0.3, 0.4) is 0 Å². The van der Waals surface area contributed by atoms with Crippen molar-refractivity contribution in [2.24, 2.45) is 0 Å². The summed E-state index contributed by atoms with van der Waals surface area (Å²) in [4.78, 5) is 0. The Bertz CT molecular complexity index is 57.2. The summed E-state index contributed by atoms with van der Waals surface area (Å²) >= 11 is 0. The molecular weight excluding hydrogens is 88.1 g/mol. The molecule has 0 saturated heterocycles. The number of allylic oxidation sites excluding steroid dienone is 1. The molecule has 1 unspecified atom stereocenters. The topological polar surface area (TPSA) is 9.23 Å². The van der Waals surface area contributed by atoms with E-state index in [4.69, 9.17) is 4.74 Å². The molecule has 0 radical (unpaired) electrons. The Morgan fingerprint density at radius 2 is 2.14 bits per heavy atom. The van der Waals surface area contributed by atoms with Gasteiger partial charge in [0.25, 0.3) is 0 Å². The first-order chi connectivity index (χ1) is 3.31. The van der Waals surface area contributed by atoms with Crippen molar-refractivity contribution in [1.82, 2.24) is 0 Å². The highest BCUT2D eigenvalue weighted by atomic mass is 16.5. The van der Waals surface area contributed by atoms with Gasteiger partial charge in [0, 0.05) is 7.11 Å². The minimum atomic E-state index is 0.269. The molecule has 0 aromatic rings. The minimum absolute atomic E-state index is 0.269. The van der Waals surface area contributed by atoms with Crippen LogP contribution in [-0.2, 0) is 4.74 Å². The van der Waals surface area contributed by atoms with Crippen molar-refractivity contribution in [3.05, 3.63) is 12.2 Å². The Hall–Kier alpha value is -0.300. The van der Waals surface area contributed by atoms with E-state index < -0.39 is 0 Å². The van der Waals surface area contributed by atoms with Crippen LogP contribution in [0.2, 0.25) is 0 Å². The van der Waals surface area contributed by atoms with Crippen molar-refractivity contribution < 1.29 is 4.74 Å². The van der Waals surface area contributed by atoms with Gasteiger partial charge < -0.3 is 4.74 Å². The second-order valence-corrected chi connectivity index (χ2v) is 1.47. The Morgan fingerprint density at radius 1 is 1.57 bits per heavy atom. The average Bonchev–Trinajstić information content (AvgIpc) is 1.68. The van der Waals surface area contributed by atoms with Gasteiger partial charge in [0.05, 0.1) is 6.10 Å². The molecule has 0 heterocycles. The third kappa shape index (κ3) is 3.53. The van der Waals surface area contributed by atoms with E-state index in [0.717, 1.165) is 0 Å². The fourth-order valence-corrected chi connectivity index (χ4v) is 0.350. The lowest BCUT2D eigenvalue weighted by Gasteiger charge is -1.98. The van der Waals surface area contributed by atoms with Crippen LogP contribution in [0.25, 0.3) is 0 Å². The standard InChI is InChI=1S/C6H12O/c1-4-5-6(2)7-3/h4-6H,1-3H3/b5-4-. The van der Waals surface area contributed by atoms with Crippen LogP contribution in [-0.4, -0.2) is 13.2 Å². The molecular formula is C6H12O. The molecule has 0 N–H and O–H groups in total. The SMILES string of the molecule is C/C=C\C(C)OC. The highest BCUT2D eigenvalue weighted by Gasteiger charge is 1.85. The molecule has 0 amide bonds. The van der Waals surface area contributed by atoms with E-state index in [2.05, 4.69) is 0 Å². The summed E-state index contributed by atoms with van der Waals surface area (Å²) in [6.07, 6.45) is 4.25. The molecule has 0 aromatic carbocycles. The molecule has 42 valence electrons. The van der Waals surface area contributed by atoms with Crippen LogP contribution >= 0.6 is 0 Å². The second-order valence-electron chi connectivity index (χ2n) is 1.47. The third-order valence-corrected chi connectivity index (χ3v) is 0.835. The van der Waals surface area contributed by atoms with Gasteiger partial charge >= 0.3 is 0 Å². The molecule has 0 aliphatic rings. The van der Waals surface area contributed by atoms with E-state index in [0.29, 0.717) is 0 Å². The van der Waals surface area contributed by atoms with Crippen LogP contribution < -0.4 is 0 Å². The molecule has 0 aromatic heterocycles. The number of hydrogen-bond donors (Lipinski definition) is 0. The molecule has 0 rings (SSSR count). The highest BCUT2D eigenvalue weighted by Crippen LogP contribution is 1.86. The van der Waals surface area contributed by atoms with Gasteiger partial charge in [0.15, 0.2) is 0 Å². The van der Waals surface area contributed by atoms with Crippen molar-refractivity contribution in [2.75, 3.05) is 7.11 Å². The third-order valence-electron chi connectivity index (χ3n) is 0.835. The fourth-order valence-electron chi connectivity index (χ4n) is 0.350. The molecule has 1 heteroatoms. The van der Waals surface area contributed by atoms with Crippen LogP contribution in [0.4, 0.5) is 0 Å². The molecule has 0 saturated carbocycles. The molecule has 7 heavy (non-hydrogen) atoms. The van der Waals surface area contributed by atoms with E-state index in [-0.39, 0.29) is 6.10 Å². The maximum Gasteiger partial charge on any atom is 0.0723 e. The van der Waals surface area contributed by atoms with Gasteiger partial charge in [-0.15, -0.1) is 0 Å². The zero-order chi connectivity index (χ0) is 5.70. The number of hydrogen-bond acceptors (Lipinski definition) is 1. The molecule has 1 atom stereocenters. The predicted molar refractivity (Wildman–Crippen MR) is 31.3 cm³/mol. The second kappa shape index (κ2) is 3.88.